The number of hydrogen-bond donors (Lipinski definition) is 0. The molecule has 7 nitrogen and oxygen atoms in total. The molecule has 2 saturated heterocycles. The molecule has 1 saturated carbocycles. The van der Waals surface area contributed by atoms with E-state index in [9.17, 15) is 14.4 Å². The molecule has 0 spiro atoms. The third-order valence-corrected chi connectivity index (χ3v) is 7.58. The van der Waals surface area contributed by atoms with Gasteiger partial charge in [-0.15, -0.1) is 0 Å². The number of likely N-dealkylation sites (N-methyl/N-ethyl adjacent to an activating group) is 2. The molecule has 0 bridgehead atoms. The van der Waals surface area contributed by atoms with Gasteiger partial charge in [0.2, 0.25) is 17.7 Å². The van der Waals surface area contributed by atoms with Gasteiger partial charge in [-0.25, -0.2) is 0 Å². The Bertz CT molecular complexity index is 847. The molecule has 0 radical (unpaired) electrons. The van der Waals surface area contributed by atoms with E-state index in [2.05, 4.69) is 0 Å². The Balaban J connectivity index is 1.62. The summed E-state index contributed by atoms with van der Waals surface area (Å²) >= 11 is 0. The average Bonchev–Trinajstić information content (AvgIpc) is 2.89. The van der Waals surface area contributed by atoms with Crippen molar-refractivity contribution >= 4 is 17.7 Å². The molecule has 0 aromatic heterocycles. The zero-order chi connectivity index (χ0) is 22.2. The molecule has 2 aliphatic heterocycles. The van der Waals surface area contributed by atoms with Gasteiger partial charge in [0.05, 0.1) is 31.0 Å². The largest absolute Gasteiger partial charge is 0.497 e. The Morgan fingerprint density at radius 1 is 1.06 bits per heavy atom. The third kappa shape index (κ3) is 3.79. The quantitative estimate of drug-likeness (QED) is 0.740. The van der Waals surface area contributed by atoms with Crippen LogP contribution in [0.25, 0.3) is 0 Å². The van der Waals surface area contributed by atoms with Crippen molar-refractivity contribution in [2.75, 3.05) is 40.8 Å². The molecular weight excluding hydrogens is 394 g/mol. The first-order chi connectivity index (χ1) is 14.9. The molecule has 3 amide bonds. The van der Waals surface area contributed by atoms with Crippen molar-refractivity contribution in [3.8, 4) is 5.75 Å². The minimum atomic E-state index is -0.536. The maximum Gasteiger partial charge on any atom is 0.242 e. The van der Waals surface area contributed by atoms with E-state index in [0.29, 0.717) is 19.5 Å². The standard InChI is InChI=1S/C24H33N3O4/c1-25-16-21(28)26(2)20-15-27(14-11-19(20)22(25)29)23(30)24(12-5-4-6-13-24)17-7-9-18(31-3)10-8-17/h7-10,19-20H,4-6,11-16H2,1-3H3/t19-,20+/m0/s1. The molecule has 31 heavy (non-hydrogen) atoms. The molecule has 0 unspecified atom stereocenters. The number of piperidine rings is 1. The van der Waals surface area contributed by atoms with Crippen molar-refractivity contribution in [1.29, 1.82) is 0 Å². The van der Waals surface area contributed by atoms with Gasteiger partial charge in [0.25, 0.3) is 0 Å². The number of rotatable bonds is 3. The molecule has 1 aliphatic carbocycles. The van der Waals surface area contributed by atoms with Gasteiger partial charge < -0.3 is 19.4 Å². The molecule has 1 aromatic rings. The van der Waals surface area contributed by atoms with E-state index >= 15 is 0 Å². The van der Waals surface area contributed by atoms with Gasteiger partial charge in [-0.1, -0.05) is 31.4 Å². The van der Waals surface area contributed by atoms with Crippen LogP contribution in [-0.2, 0) is 19.8 Å². The van der Waals surface area contributed by atoms with E-state index < -0.39 is 5.41 Å². The fourth-order valence-corrected chi connectivity index (χ4v) is 5.65. The van der Waals surface area contributed by atoms with Crippen molar-refractivity contribution in [1.82, 2.24) is 14.7 Å². The van der Waals surface area contributed by atoms with E-state index in [0.717, 1.165) is 43.4 Å². The van der Waals surface area contributed by atoms with E-state index in [1.54, 1.807) is 26.1 Å². The third-order valence-electron chi connectivity index (χ3n) is 7.58. The van der Waals surface area contributed by atoms with Crippen LogP contribution in [0.3, 0.4) is 0 Å². The Kier molecular flexibility index (Phi) is 5.95. The highest BCUT2D eigenvalue weighted by Crippen LogP contribution is 2.42. The van der Waals surface area contributed by atoms with Gasteiger partial charge in [0, 0.05) is 27.2 Å². The first-order valence-corrected chi connectivity index (χ1v) is 11.3. The summed E-state index contributed by atoms with van der Waals surface area (Å²) in [7, 11) is 5.10. The van der Waals surface area contributed by atoms with Crippen LogP contribution in [0.4, 0.5) is 0 Å². The van der Waals surface area contributed by atoms with Crippen molar-refractivity contribution in [2.24, 2.45) is 5.92 Å². The monoisotopic (exact) mass is 427 g/mol. The van der Waals surface area contributed by atoms with Gasteiger partial charge in [-0.3, -0.25) is 14.4 Å². The number of methoxy groups -OCH3 is 1. The van der Waals surface area contributed by atoms with E-state index in [1.807, 2.05) is 29.2 Å². The van der Waals surface area contributed by atoms with Crippen LogP contribution < -0.4 is 4.74 Å². The Morgan fingerprint density at radius 2 is 1.74 bits per heavy atom. The highest BCUT2D eigenvalue weighted by atomic mass is 16.5. The second-order valence-electron chi connectivity index (χ2n) is 9.28. The number of carbonyl (C=O) groups excluding carboxylic acids is 3. The topological polar surface area (TPSA) is 70.2 Å². The number of carbonyl (C=O) groups is 3. The normalized spacial score (nSPS) is 26.4. The minimum absolute atomic E-state index is 0.0114. The van der Waals surface area contributed by atoms with Crippen LogP contribution in [0.15, 0.2) is 24.3 Å². The lowest BCUT2D eigenvalue weighted by atomic mass is 9.68. The molecule has 0 N–H and O–H groups in total. The zero-order valence-corrected chi connectivity index (χ0v) is 18.8. The average molecular weight is 428 g/mol. The fraction of sp³-hybridized carbons (Fsp3) is 0.625. The lowest BCUT2D eigenvalue weighted by Crippen LogP contribution is -2.59. The second-order valence-corrected chi connectivity index (χ2v) is 9.28. The van der Waals surface area contributed by atoms with Crippen LogP contribution in [0.5, 0.6) is 5.75 Å². The van der Waals surface area contributed by atoms with Gasteiger partial charge in [-0.05, 0) is 37.0 Å². The minimum Gasteiger partial charge on any atom is -0.497 e. The number of fused-ring (bicyclic) bond motifs is 1. The van der Waals surface area contributed by atoms with Crippen LogP contribution >= 0.6 is 0 Å². The Hall–Kier alpha value is -2.57. The molecule has 3 aliphatic rings. The molecule has 2 heterocycles. The zero-order valence-electron chi connectivity index (χ0n) is 18.8. The van der Waals surface area contributed by atoms with Gasteiger partial charge in [0.15, 0.2) is 0 Å². The number of likely N-dealkylation sites (tertiary alicyclic amines) is 1. The summed E-state index contributed by atoms with van der Waals surface area (Å²) in [6.07, 6.45) is 5.46. The summed E-state index contributed by atoms with van der Waals surface area (Å²) in [6.45, 7) is 1.08. The van der Waals surface area contributed by atoms with E-state index in [1.165, 1.54) is 4.90 Å². The fourth-order valence-electron chi connectivity index (χ4n) is 5.65. The van der Waals surface area contributed by atoms with Gasteiger partial charge in [-0.2, -0.15) is 0 Å². The SMILES string of the molecule is COc1ccc(C2(C(=O)N3CC[C@@H]4C(=O)N(C)CC(=O)N(C)[C@@H]4C3)CCCCC2)cc1. The number of hydrogen-bond acceptors (Lipinski definition) is 4. The first-order valence-electron chi connectivity index (χ1n) is 11.3. The highest BCUT2D eigenvalue weighted by molar-refractivity contribution is 5.91. The molecule has 4 rings (SSSR count). The molecular formula is C24H33N3O4. The number of nitrogens with zero attached hydrogens (tertiary/aromatic N) is 3. The van der Waals surface area contributed by atoms with Gasteiger partial charge in [0.1, 0.15) is 5.75 Å². The maximum atomic E-state index is 14.0. The van der Waals surface area contributed by atoms with Crippen molar-refractivity contribution in [3.63, 3.8) is 0 Å². The summed E-state index contributed by atoms with van der Waals surface area (Å²) < 4.78 is 5.31. The number of amides is 3. The lowest BCUT2D eigenvalue weighted by Gasteiger charge is -2.45. The van der Waals surface area contributed by atoms with E-state index in [-0.39, 0.29) is 36.2 Å². The predicted octanol–water partition coefficient (Wildman–Crippen LogP) is 2.04. The molecule has 3 fully saturated rings. The van der Waals surface area contributed by atoms with Crippen LogP contribution in [-0.4, -0.2) is 79.3 Å². The summed E-state index contributed by atoms with van der Waals surface area (Å²) in [5, 5.41) is 0. The van der Waals surface area contributed by atoms with Crippen molar-refractivity contribution < 1.29 is 19.1 Å². The summed E-state index contributed by atoms with van der Waals surface area (Å²) in [6, 6.07) is 7.64. The number of ether oxygens (including phenoxy) is 1. The second kappa shape index (κ2) is 8.52. The van der Waals surface area contributed by atoms with Crippen molar-refractivity contribution in [3.05, 3.63) is 29.8 Å². The summed E-state index contributed by atoms with van der Waals surface area (Å²) in [5.41, 5.74) is 0.507. The molecule has 7 heteroatoms. The summed E-state index contributed by atoms with van der Waals surface area (Å²) in [4.78, 5) is 44.5. The maximum absolute atomic E-state index is 14.0. The van der Waals surface area contributed by atoms with Crippen LogP contribution in [0.2, 0.25) is 0 Å². The lowest BCUT2D eigenvalue weighted by molar-refractivity contribution is -0.146. The molecule has 1 aromatic carbocycles. The Morgan fingerprint density at radius 3 is 2.39 bits per heavy atom. The summed E-state index contributed by atoms with van der Waals surface area (Å²) in [5.74, 6) is 0.622. The number of benzene rings is 1. The highest BCUT2D eigenvalue weighted by Gasteiger charge is 2.48. The van der Waals surface area contributed by atoms with Crippen LogP contribution in [0.1, 0.15) is 44.1 Å². The Labute approximate surface area is 184 Å². The van der Waals surface area contributed by atoms with Crippen LogP contribution in [0, 0.1) is 5.92 Å². The smallest absolute Gasteiger partial charge is 0.242 e. The molecule has 168 valence electrons. The first kappa shape index (κ1) is 21.7. The van der Waals surface area contributed by atoms with E-state index in [4.69, 9.17) is 4.74 Å². The van der Waals surface area contributed by atoms with Gasteiger partial charge >= 0.3 is 0 Å². The van der Waals surface area contributed by atoms with Crippen molar-refractivity contribution in [2.45, 2.75) is 50.0 Å². The predicted molar refractivity (Wildman–Crippen MR) is 117 cm³/mol. The molecule has 2 atom stereocenters.